The Hall–Kier alpha value is 0.440. The lowest BCUT2D eigenvalue weighted by atomic mass is 10.8. The van der Waals surface area contributed by atoms with Crippen molar-refractivity contribution < 1.29 is 0 Å². The van der Waals surface area contributed by atoms with Gasteiger partial charge in [-0.1, -0.05) is 45.0 Å². The van der Waals surface area contributed by atoms with E-state index in [0.29, 0.717) is 0 Å². The molecule has 0 rings (SSSR count). The molecule has 8 heavy (non-hydrogen) atoms. The first-order valence-corrected chi connectivity index (χ1v) is 3.67. The summed E-state index contributed by atoms with van der Waals surface area (Å²) in [5.74, 6) is 0. The van der Waals surface area contributed by atoms with Gasteiger partial charge in [0.2, 0.25) is 0 Å². The Morgan fingerprint density at radius 3 is 1.00 bits per heavy atom. The zero-order valence-corrected chi connectivity index (χ0v) is 8.34. The molecule has 0 atom stereocenters. The van der Waals surface area contributed by atoms with Gasteiger partial charge in [0.05, 0.1) is 0 Å². The van der Waals surface area contributed by atoms with Crippen molar-refractivity contribution >= 4 is 31.9 Å². The Morgan fingerprint density at radius 1 is 1.00 bits per heavy atom. The Bertz CT molecular complexity index is 64.5. The van der Waals surface area contributed by atoms with E-state index in [1.165, 1.54) is 0 Å². The van der Waals surface area contributed by atoms with Crippen LogP contribution in [0.5, 0.6) is 0 Å². The third-order valence-electron chi connectivity index (χ3n) is 0. The molecule has 0 N–H and O–H groups in total. The van der Waals surface area contributed by atoms with E-state index in [9.17, 15) is 0 Å². The lowest BCUT2D eigenvalue weighted by Gasteiger charge is -1.62. The second-order valence-electron chi connectivity index (χ2n) is 1.35. The monoisotopic (exact) mass is 240 g/mol. The molecule has 48 valence electrons. The van der Waals surface area contributed by atoms with E-state index in [-0.39, 0.29) is 0 Å². The minimum absolute atomic E-state index is 0.979. The molecule has 0 amide bonds. The molecule has 0 radical (unpaired) electrons. The SMILES string of the molecule is C=C(C)Br.C=C(C)Br. The average molecular weight is 242 g/mol. The van der Waals surface area contributed by atoms with Crippen LogP contribution in [0.2, 0.25) is 0 Å². The van der Waals surface area contributed by atoms with E-state index >= 15 is 0 Å². The van der Waals surface area contributed by atoms with Crippen molar-refractivity contribution in [2.45, 2.75) is 13.8 Å². The molecule has 0 aliphatic heterocycles. The standard InChI is InChI=1S/2C3H5Br/c2*1-3(2)4/h2*1H2,2H3. The highest BCUT2D eigenvalue weighted by atomic mass is 79.9. The van der Waals surface area contributed by atoms with Crippen LogP contribution in [-0.4, -0.2) is 0 Å². The molecule has 0 aromatic heterocycles. The fraction of sp³-hybridized carbons (Fsp3) is 0.333. The molecule has 0 spiro atoms. The van der Waals surface area contributed by atoms with Gasteiger partial charge >= 0.3 is 0 Å². The first-order chi connectivity index (χ1) is 3.46. The summed E-state index contributed by atoms with van der Waals surface area (Å²) in [5.41, 5.74) is 0. The van der Waals surface area contributed by atoms with Crippen LogP contribution in [-0.2, 0) is 0 Å². The Labute approximate surface area is 67.9 Å². The summed E-state index contributed by atoms with van der Waals surface area (Å²) in [6, 6.07) is 0. The maximum absolute atomic E-state index is 3.47. The van der Waals surface area contributed by atoms with E-state index in [4.69, 9.17) is 0 Å². The molecule has 0 saturated carbocycles. The van der Waals surface area contributed by atoms with E-state index in [1.54, 1.807) is 0 Å². The van der Waals surface area contributed by atoms with Crippen LogP contribution in [0.4, 0.5) is 0 Å². The lowest BCUT2D eigenvalue weighted by Crippen LogP contribution is -1.32. The van der Waals surface area contributed by atoms with Gasteiger partial charge < -0.3 is 0 Å². The first-order valence-electron chi connectivity index (χ1n) is 2.09. The summed E-state index contributed by atoms with van der Waals surface area (Å²) in [7, 11) is 0. The fourth-order valence-corrected chi connectivity index (χ4v) is 0. The molecule has 0 nitrogen and oxygen atoms in total. The Balaban J connectivity index is 0. The van der Waals surface area contributed by atoms with E-state index in [0.717, 1.165) is 8.96 Å². The van der Waals surface area contributed by atoms with Crippen molar-refractivity contribution in [3.63, 3.8) is 0 Å². The zero-order chi connectivity index (χ0) is 7.15. The second-order valence-corrected chi connectivity index (χ2v) is 4.06. The van der Waals surface area contributed by atoms with E-state index in [1.807, 2.05) is 13.8 Å². The van der Waals surface area contributed by atoms with Crippen molar-refractivity contribution in [3.05, 3.63) is 22.1 Å². The van der Waals surface area contributed by atoms with Crippen LogP contribution < -0.4 is 0 Å². The third-order valence-corrected chi connectivity index (χ3v) is 0. The van der Waals surface area contributed by atoms with Crippen molar-refractivity contribution in [2.75, 3.05) is 0 Å². The second kappa shape index (κ2) is 7.44. The highest BCUT2D eigenvalue weighted by Gasteiger charge is 1.55. The van der Waals surface area contributed by atoms with Crippen LogP contribution in [0, 0.1) is 0 Å². The van der Waals surface area contributed by atoms with Gasteiger partial charge in [0.25, 0.3) is 0 Å². The minimum Gasteiger partial charge on any atom is -0.0891 e. The molecular formula is C6H10Br2. The molecule has 0 aromatic rings. The number of hydrogen-bond donors (Lipinski definition) is 0. The quantitative estimate of drug-likeness (QED) is 0.605. The molecule has 0 bridgehead atoms. The Morgan fingerprint density at radius 2 is 1.00 bits per heavy atom. The molecule has 0 unspecified atom stereocenters. The fourth-order valence-electron chi connectivity index (χ4n) is 0. The molecular weight excluding hydrogens is 232 g/mol. The van der Waals surface area contributed by atoms with Crippen molar-refractivity contribution in [1.82, 2.24) is 0 Å². The average Bonchev–Trinajstić information content (AvgIpc) is 1.25. The maximum atomic E-state index is 3.47. The summed E-state index contributed by atoms with van der Waals surface area (Å²) in [5, 5.41) is 0. The van der Waals surface area contributed by atoms with Crippen molar-refractivity contribution in [2.24, 2.45) is 0 Å². The molecule has 0 saturated heterocycles. The maximum Gasteiger partial charge on any atom is -0.0152 e. The largest absolute Gasteiger partial charge is 0.0891 e. The Kier molecular flexibility index (Phi) is 10.5. The molecule has 0 aromatic carbocycles. The van der Waals surface area contributed by atoms with Gasteiger partial charge in [0.15, 0.2) is 0 Å². The smallest absolute Gasteiger partial charge is 0.0152 e. The predicted molar refractivity (Wildman–Crippen MR) is 47.5 cm³/mol. The minimum atomic E-state index is 0.979. The molecule has 0 fully saturated rings. The van der Waals surface area contributed by atoms with Gasteiger partial charge in [-0.25, -0.2) is 0 Å². The highest BCUT2D eigenvalue weighted by molar-refractivity contribution is 9.12. The molecule has 0 heterocycles. The number of allylic oxidation sites excluding steroid dienone is 2. The summed E-state index contributed by atoms with van der Waals surface area (Å²) in [6.45, 7) is 10.7. The number of rotatable bonds is 0. The highest BCUT2D eigenvalue weighted by Crippen LogP contribution is 1.93. The van der Waals surface area contributed by atoms with Gasteiger partial charge in [0, 0.05) is 0 Å². The number of halogens is 2. The van der Waals surface area contributed by atoms with Crippen LogP contribution in [0.3, 0.4) is 0 Å². The van der Waals surface area contributed by atoms with Gasteiger partial charge in [0.1, 0.15) is 0 Å². The van der Waals surface area contributed by atoms with Crippen LogP contribution in [0.15, 0.2) is 22.1 Å². The first kappa shape index (κ1) is 11.3. The zero-order valence-electron chi connectivity index (χ0n) is 5.17. The lowest BCUT2D eigenvalue weighted by molar-refractivity contribution is 1.75. The summed E-state index contributed by atoms with van der Waals surface area (Å²) in [4.78, 5) is 0. The van der Waals surface area contributed by atoms with Gasteiger partial charge in [-0.2, -0.15) is 0 Å². The van der Waals surface area contributed by atoms with Crippen LogP contribution in [0.25, 0.3) is 0 Å². The summed E-state index contributed by atoms with van der Waals surface area (Å²) >= 11 is 6.15. The third kappa shape index (κ3) is 984. The predicted octanol–water partition coefficient (Wildman–Crippen LogP) is 3.83. The van der Waals surface area contributed by atoms with Gasteiger partial charge in [-0.3, -0.25) is 0 Å². The van der Waals surface area contributed by atoms with E-state index < -0.39 is 0 Å². The number of hydrogen-bond acceptors (Lipinski definition) is 0. The normalized spacial score (nSPS) is 6.50. The molecule has 0 aliphatic carbocycles. The summed E-state index contributed by atoms with van der Waals surface area (Å²) < 4.78 is 1.96. The van der Waals surface area contributed by atoms with Crippen LogP contribution in [0.1, 0.15) is 13.8 Å². The van der Waals surface area contributed by atoms with Gasteiger partial charge in [-0.15, -0.1) is 0 Å². The summed E-state index contributed by atoms with van der Waals surface area (Å²) in [6.07, 6.45) is 0. The topological polar surface area (TPSA) is 0 Å². The van der Waals surface area contributed by atoms with Gasteiger partial charge in [-0.05, 0) is 22.8 Å². The van der Waals surface area contributed by atoms with Crippen molar-refractivity contribution in [3.8, 4) is 0 Å². The van der Waals surface area contributed by atoms with Crippen molar-refractivity contribution in [1.29, 1.82) is 0 Å². The van der Waals surface area contributed by atoms with E-state index in [2.05, 4.69) is 45.0 Å². The van der Waals surface area contributed by atoms with Crippen LogP contribution >= 0.6 is 31.9 Å². The molecule has 2 heteroatoms. The molecule has 0 aliphatic rings.